The van der Waals surface area contributed by atoms with E-state index in [-0.39, 0.29) is 5.38 Å². The Labute approximate surface area is 72.9 Å². The van der Waals surface area contributed by atoms with Crippen molar-refractivity contribution in [3.8, 4) is 11.8 Å². The molecule has 11 heavy (non-hydrogen) atoms. The first-order chi connectivity index (χ1) is 5.33. The number of rotatable bonds is 2. The molecule has 0 N–H and O–H groups in total. The third-order valence-electron chi connectivity index (χ3n) is 1.50. The zero-order chi connectivity index (χ0) is 8.10. The van der Waals surface area contributed by atoms with Crippen LogP contribution in [0.25, 0.3) is 0 Å². The van der Waals surface area contributed by atoms with Crippen molar-refractivity contribution in [1.82, 2.24) is 0 Å². The lowest BCUT2D eigenvalue weighted by Crippen LogP contribution is -1.84. The number of hydrogen-bond acceptors (Lipinski definition) is 0. The van der Waals surface area contributed by atoms with Gasteiger partial charge in [-0.25, -0.2) is 0 Å². The van der Waals surface area contributed by atoms with Gasteiger partial charge in [-0.2, -0.15) is 0 Å². The van der Waals surface area contributed by atoms with Crippen LogP contribution in [-0.4, -0.2) is 5.38 Å². The second kappa shape index (κ2) is 4.26. The third-order valence-corrected chi connectivity index (χ3v) is 1.75. The number of allylic oxidation sites excluding steroid dienone is 4. The summed E-state index contributed by atoms with van der Waals surface area (Å²) in [7, 11) is 0. The zero-order valence-corrected chi connectivity index (χ0v) is 7.36. The molecule has 0 aromatic carbocycles. The quantitative estimate of drug-likeness (QED) is 0.437. The summed E-state index contributed by atoms with van der Waals surface area (Å²) in [6.07, 6.45) is 8.18. The van der Waals surface area contributed by atoms with Crippen LogP contribution in [0.2, 0.25) is 0 Å². The van der Waals surface area contributed by atoms with Gasteiger partial charge >= 0.3 is 0 Å². The van der Waals surface area contributed by atoms with Gasteiger partial charge in [0.1, 0.15) is 5.38 Å². The van der Waals surface area contributed by atoms with E-state index in [1.807, 2.05) is 18.2 Å². The van der Waals surface area contributed by atoms with Crippen LogP contribution in [0.15, 0.2) is 23.8 Å². The monoisotopic (exact) mass is 166 g/mol. The van der Waals surface area contributed by atoms with Gasteiger partial charge in [0.25, 0.3) is 0 Å². The summed E-state index contributed by atoms with van der Waals surface area (Å²) in [5.41, 5.74) is 1.28. The Morgan fingerprint density at radius 3 is 3.18 bits per heavy atom. The maximum absolute atomic E-state index is 5.79. The Morgan fingerprint density at radius 2 is 2.45 bits per heavy atom. The summed E-state index contributed by atoms with van der Waals surface area (Å²) >= 11 is 5.79. The van der Waals surface area contributed by atoms with E-state index < -0.39 is 0 Å². The molecule has 1 atom stereocenters. The maximum Gasteiger partial charge on any atom is 0.113 e. The van der Waals surface area contributed by atoms with Gasteiger partial charge in [0, 0.05) is 0 Å². The minimum Gasteiger partial charge on any atom is -0.104 e. The van der Waals surface area contributed by atoms with E-state index in [2.05, 4.69) is 18.8 Å². The third kappa shape index (κ3) is 2.82. The van der Waals surface area contributed by atoms with E-state index in [4.69, 9.17) is 11.6 Å². The van der Waals surface area contributed by atoms with E-state index in [1.54, 1.807) is 0 Å². The van der Waals surface area contributed by atoms with E-state index in [9.17, 15) is 0 Å². The summed E-state index contributed by atoms with van der Waals surface area (Å²) < 4.78 is 0. The first kappa shape index (κ1) is 8.43. The van der Waals surface area contributed by atoms with Crippen LogP contribution in [0.3, 0.4) is 0 Å². The summed E-state index contributed by atoms with van der Waals surface area (Å²) in [4.78, 5) is 0. The average Bonchev–Trinajstić information content (AvgIpc) is 2.17. The normalized spacial score (nSPS) is 21.6. The molecule has 1 heteroatoms. The van der Waals surface area contributed by atoms with Crippen molar-refractivity contribution in [2.75, 3.05) is 0 Å². The van der Waals surface area contributed by atoms with E-state index in [0.717, 1.165) is 12.8 Å². The standard InChI is InChI=1S/C10H11Cl/c1-2-4-9-5-3-6-10(11)8-7-9/h5,7-8,10H,2,4H2,1H3. The van der Waals surface area contributed by atoms with Crippen LogP contribution in [0, 0.1) is 11.8 Å². The van der Waals surface area contributed by atoms with Gasteiger partial charge in [-0.3, -0.25) is 0 Å². The fourth-order valence-corrected chi connectivity index (χ4v) is 1.10. The van der Waals surface area contributed by atoms with Gasteiger partial charge < -0.3 is 0 Å². The smallest absolute Gasteiger partial charge is 0.104 e. The molecule has 1 rings (SSSR count). The molecule has 0 nitrogen and oxygen atoms in total. The Morgan fingerprint density at radius 1 is 1.64 bits per heavy atom. The molecule has 0 fully saturated rings. The molecule has 0 heterocycles. The molecule has 58 valence electrons. The molecule has 0 bridgehead atoms. The van der Waals surface area contributed by atoms with Crippen LogP contribution >= 0.6 is 11.6 Å². The molecule has 0 radical (unpaired) electrons. The van der Waals surface area contributed by atoms with Gasteiger partial charge in [0.05, 0.1) is 0 Å². The van der Waals surface area contributed by atoms with Crippen molar-refractivity contribution >= 4 is 11.6 Å². The molecule has 0 aromatic rings. The Bertz CT molecular complexity index is 237. The highest BCUT2D eigenvalue weighted by Gasteiger charge is 1.96. The van der Waals surface area contributed by atoms with Crippen LogP contribution in [0.1, 0.15) is 19.8 Å². The lowest BCUT2D eigenvalue weighted by Gasteiger charge is -1.94. The number of alkyl halides is 1. The molecule has 1 aliphatic carbocycles. The zero-order valence-electron chi connectivity index (χ0n) is 6.60. The molecule has 0 saturated heterocycles. The van der Waals surface area contributed by atoms with Crippen molar-refractivity contribution in [2.24, 2.45) is 0 Å². The van der Waals surface area contributed by atoms with Crippen LogP contribution < -0.4 is 0 Å². The second-order valence-electron chi connectivity index (χ2n) is 2.52. The Kier molecular flexibility index (Phi) is 3.26. The number of hydrogen-bond donors (Lipinski definition) is 0. The van der Waals surface area contributed by atoms with E-state index >= 15 is 0 Å². The van der Waals surface area contributed by atoms with Gasteiger partial charge in [0.2, 0.25) is 0 Å². The SMILES string of the molecule is CCCC1=CC#CC(Cl)C=C1. The van der Waals surface area contributed by atoms with Crippen molar-refractivity contribution in [1.29, 1.82) is 0 Å². The van der Waals surface area contributed by atoms with Crippen LogP contribution in [0.5, 0.6) is 0 Å². The molecule has 0 amide bonds. The summed E-state index contributed by atoms with van der Waals surface area (Å²) in [5.74, 6) is 5.81. The van der Waals surface area contributed by atoms with Crippen molar-refractivity contribution in [2.45, 2.75) is 25.1 Å². The lowest BCUT2D eigenvalue weighted by atomic mass is 10.1. The molecular weight excluding hydrogens is 156 g/mol. The molecule has 0 saturated carbocycles. The van der Waals surface area contributed by atoms with Crippen LogP contribution in [-0.2, 0) is 0 Å². The summed E-state index contributed by atoms with van der Waals surface area (Å²) in [5, 5.41) is -0.111. The Balaban J connectivity index is 2.64. The minimum absolute atomic E-state index is 0.111. The van der Waals surface area contributed by atoms with E-state index in [0.29, 0.717) is 0 Å². The fraction of sp³-hybridized carbons (Fsp3) is 0.400. The predicted octanol–water partition coefficient (Wildman–Crippen LogP) is 2.89. The van der Waals surface area contributed by atoms with Gasteiger partial charge in [-0.1, -0.05) is 37.3 Å². The lowest BCUT2D eigenvalue weighted by molar-refractivity contribution is 0.927. The van der Waals surface area contributed by atoms with Crippen molar-refractivity contribution in [3.63, 3.8) is 0 Å². The number of halogens is 1. The largest absolute Gasteiger partial charge is 0.113 e. The van der Waals surface area contributed by atoms with Crippen molar-refractivity contribution in [3.05, 3.63) is 23.8 Å². The van der Waals surface area contributed by atoms with Crippen molar-refractivity contribution < 1.29 is 0 Å². The minimum atomic E-state index is -0.111. The highest BCUT2D eigenvalue weighted by Crippen LogP contribution is 2.10. The first-order valence-corrected chi connectivity index (χ1v) is 4.29. The predicted molar refractivity (Wildman–Crippen MR) is 49.5 cm³/mol. The second-order valence-corrected chi connectivity index (χ2v) is 2.99. The van der Waals surface area contributed by atoms with E-state index in [1.165, 1.54) is 5.57 Å². The topological polar surface area (TPSA) is 0 Å². The highest BCUT2D eigenvalue weighted by molar-refractivity contribution is 6.23. The molecule has 1 unspecified atom stereocenters. The average molecular weight is 167 g/mol. The van der Waals surface area contributed by atoms with Crippen LogP contribution in [0.4, 0.5) is 0 Å². The maximum atomic E-state index is 5.79. The van der Waals surface area contributed by atoms with Gasteiger partial charge in [0.15, 0.2) is 0 Å². The van der Waals surface area contributed by atoms with Gasteiger partial charge in [-0.05, 0) is 18.1 Å². The molecule has 1 aliphatic rings. The summed E-state index contributed by atoms with van der Waals surface area (Å²) in [6.45, 7) is 2.16. The Hall–Kier alpha value is -0.670. The highest BCUT2D eigenvalue weighted by atomic mass is 35.5. The van der Waals surface area contributed by atoms with Gasteiger partial charge in [-0.15, -0.1) is 11.6 Å². The molecule has 0 spiro atoms. The molecule has 0 aliphatic heterocycles. The molecule has 0 aromatic heterocycles. The first-order valence-electron chi connectivity index (χ1n) is 3.85. The fourth-order valence-electron chi connectivity index (χ4n) is 0.962. The molecular formula is C10H11Cl. The summed E-state index contributed by atoms with van der Waals surface area (Å²) in [6, 6.07) is 0.